The molecule has 3 N–H and O–H groups in total. The highest BCUT2D eigenvalue weighted by atomic mass is 31.2. The Kier molecular flexibility index (Phi) is 9.05. The molecule has 0 radical (unpaired) electrons. The molecule has 10 heteroatoms. The molecule has 1 fully saturated rings. The quantitative estimate of drug-likeness (QED) is 0.381. The summed E-state index contributed by atoms with van der Waals surface area (Å²) in [5.74, 6) is -0.169. The van der Waals surface area contributed by atoms with E-state index < -0.39 is 14.4 Å². The second-order valence-electron chi connectivity index (χ2n) is 7.68. The first-order valence-corrected chi connectivity index (χ1v) is 11.8. The van der Waals surface area contributed by atoms with Crippen LogP contribution in [-0.4, -0.2) is 48.4 Å². The van der Waals surface area contributed by atoms with E-state index in [0.29, 0.717) is 24.4 Å². The Balaban J connectivity index is 1.52. The molecule has 1 amide bonds. The van der Waals surface area contributed by atoms with Crippen LogP contribution in [0.25, 0.3) is 0 Å². The number of nitrogens with one attached hydrogen (secondary N) is 1. The normalized spacial score (nSPS) is 21.3. The zero-order valence-electron chi connectivity index (χ0n) is 18.3. The topological polar surface area (TPSA) is 112 Å². The highest BCUT2D eigenvalue weighted by molar-refractivity contribution is 7.45. The lowest BCUT2D eigenvalue weighted by Gasteiger charge is -2.27. The van der Waals surface area contributed by atoms with Gasteiger partial charge in [0.25, 0.3) is 0 Å². The van der Waals surface area contributed by atoms with E-state index >= 15 is 0 Å². The van der Waals surface area contributed by atoms with E-state index in [9.17, 15) is 9.59 Å². The monoisotopic (exact) mass is 463 g/mol. The van der Waals surface area contributed by atoms with Gasteiger partial charge in [0.15, 0.2) is 0 Å². The van der Waals surface area contributed by atoms with Gasteiger partial charge in [-0.3, -0.25) is 9.59 Å². The number of hydrogen-bond acceptors (Lipinski definition) is 8. The van der Waals surface area contributed by atoms with E-state index in [2.05, 4.69) is 5.09 Å². The number of carbonyl (C=O) groups excluding carboxylic acids is 2. The van der Waals surface area contributed by atoms with Crippen molar-refractivity contribution in [3.8, 4) is 5.75 Å². The van der Waals surface area contributed by atoms with Crippen molar-refractivity contribution in [1.29, 1.82) is 0 Å². The molecule has 0 saturated carbocycles. The van der Waals surface area contributed by atoms with Crippen LogP contribution in [0.2, 0.25) is 0 Å². The third kappa shape index (κ3) is 7.60. The van der Waals surface area contributed by atoms with Crippen LogP contribution in [0.4, 0.5) is 0 Å². The van der Waals surface area contributed by atoms with Crippen molar-refractivity contribution in [1.82, 2.24) is 9.99 Å². The van der Waals surface area contributed by atoms with Crippen molar-refractivity contribution in [2.75, 3.05) is 13.2 Å². The number of para-hydroxylation sites is 1. The Morgan fingerprint density at radius 2 is 2.06 bits per heavy atom. The zero-order chi connectivity index (χ0) is 22.9. The summed E-state index contributed by atoms with van der Waals surface area (Å²) >= 11 is 0. The Morgan fingerprint density at radius 3 is 2.78 bits per heavy atom. The van der Waals surface area contributed by atoms with Crippen molar-refractivity contribution in [2.24, 2.45) is 5.73 Å². The zero-order valence-corrected chi connectivity index (χ0v) is 19.2. The number of rotatable bonds is 11. The van der Waals surface area contributed by atoms with E-state index in [0.717, 1.165) is 12.8 Å². The van der Waals surface area contributed by atoms with E-state index in [-0.39, 0.29) is 30.9 Å². The van der Waals surface area contributed by atoms with Gasteiger partial charge in [0, 0.05) is 18.0 Å². The third-order valence-corrected chi connectivity index (χ3v) is 5.86. The molecule has 3 rings (SSSR count). The third-order valence-electron chi connectivity index (χ3n) is 4.68. The number of nitrogens with two attached hydrogens (primary N) is 1. The maximum Gasteiger partial charge on any atom is 0.320 e. The summed E-state index contributed by atoms with van der Waals surface area (Å²) in [7, 11) is -1.59. The predicted molar refractivity (Wildman–Crippen MR) is 120 cm³/mol. The average molecular weight is 463 g/mol. The second kappa shape index (κ2) is 12.0. The molecule has 32 heavy (non-hydrogen) atoms. The highest BCUT2D eigenvalue weighted by Gasteiger charge is 2.30. The molecular formula is C22H30N3O6P. The summed E-state index contributed by atoms with van der Waals surface area (Å²) in [6.45, 7) is 3.87. The minimum absolute atomic E-state index is 0.0237. The minimum atomic E-state index is -1.59. The van der Waals surface area contributed by atoms with Crippen LogP contribution in [0.3, 0.4) is 0 Å². The van der Waals surface area contributed by atoms with Gasteiger partial charge < -0.3 is 29.2 Å². The minimum Gasteiger partial charge on any atom is -0.462 e. The molecule has 2 aliphatic heterocycles. The lowest BCUT2D eigenvalue weighted by molar-refractivity contribution is -0.145. The molecule has 3 atom stereocenters. The molecule has 1 aromatic rings. The Labute approximate surface area is 189 Å². The van der Waals surface area contributed by atoms with Gasteiger partial charge in [0.2, 0.25) is 5.91 Å². The van der Waals surface area contributed by atoms with Gasteiger partial charge in [-0.1, -0.05) is 24.3 Å². The van der Waals surface area contributed by atoms with E-state index in [4.69, 9.17) is 24.3 Å². The van der Waals surface area contributed by atoms with E-state index in [1.807, 2.05) is 47.5 Å². The number of primary amides is 1. The summed E-state index contributed by atoms with van der Waals surface area (Å²) in [5.41, 5.74) is 5.94. The summed E-state index contributed by atoms with van der Waals surface area (Å²) in [4.78, 5) is 25.2. The highest BCUT2D eigenvalue weighted by Crippen LogP contribution is 2.36. The van der Waals surface area contributed by atoms with Crippen LogP contribution in [-0.2, 0) is 23.6 Å². The molecule has 2 aliphatic rings. The molecule has 0 aromatic heterocycles. The van der Waals surface area contributed by atoms with Gasteiger partial charge in [0.1, 0.15) is 18.5 Å². The van der Waals surface area contributed by atoms with Crippen LogP contribution in [0.15, 0.2) is 54.4 Å². The molecule has 0 bridgehead atoms. The second-order valence-corrected chi connectivity index (χ2v) is 8.95. The molecule has 1 aromatic carbocycles. The summed E-state index contributed by atoms with van der Waals surface area (Å²) < 4.78 is 23.1. The molecule has 2 heterocycles. The standard InChI is InChI=1S/C22H30N3O6P/c1-16(2)29-21(26)13-24-32(31-18-8-4-3-5-9-18)28-15-19-10-11-20(30-19)25-12-6-7-17(14-25)22(23)27/h3-6,8-9,12,14,16,19-20,24H,7,10-11,13,15H2,1-2H3,(H2,23,27). The van der Waals surface area contributed by atoms with Gasteiger partial charge in [-0.15, -0.1) is 0 Å². The molecule has 0 spiro atoms. The van der Waals surface area contributed by atoms with Crippen molar-refractivity contribution in [3.05, 3.63) is 54.4 Å². The van der Waals surface area contributed by atoms with Crippen molar-refractivity contribution >= 4 is 20.4 Å². The molecular weight excluding hydrogens is 433 g/mol. The number of allylic oxidation sites excluding steroid dienone is 1. The Hall–Kier alpha value is -2.45. The van der Waals surface area contributed by atoms with Crippen LogP contribution in [0.5, 0.6) is 5.75 Å². The Morgan fingerprint density at radius 1 is 1.28 bits per heavy atom. The average Bonchev–Trinajstić information content (AvgIpc) is 3.25. The largest absolute Gasteiger partial charge is 0.462 e. The lowest BCUT2D eigenvalue weighted by Crippen LogP contribution is -2.31. The molecule has 0 aliphatic carbocycles. The fraction of sp³-hybridized carbons (Fsp3) is 0.455. The van der Waals surface area contributed by atoms with Crippen LogP contribution >= 0.6 is 8.53 Å². The van der Waals surface area contributed by atoms with Crippen molar-refractivity contribution < 1.29 is 28.1 Å². The predicted octanol–water partition coefficient (Wildman–Crippen LogP) is 2.94. The Bertz CT molecular complexity index is 832. The van der Waals surface area contributed by atoms with Crippen LogP contribution in [0.1, 0.15) is 33.1 Å². The van der Waals surface area contributed by atoms with Gasteiger partial charge in [0.05, 0.1) is 18.8 Å². The van der Waals surface area contributed by atoms with Crippen molar-refractivity contribution in [2.45, 2.75) is 51.5 Å². The first kappa shape index (κ1) is 24.2. The van der Waals surface area contributed by atoms with Gasteiger partial charge in [-0.25, -0.2) is 5.09 Å². The number of benzene rings is 1. The lowest BCUT2D eigenvalue weighted by atomic mass is 10.1. The molecule has 9 nitrogen and oxygen atoms in total. The number of nitrogens with zero attached hydrogens (tertiary/aromatic N) is 1. The number of ether oxygens (including phenoxy) is 2. The smallest absolute Gasteiger partial charge is 0.320 e. The number of carbonyl (C=O) groups is 2. The van der Waals surface area contributed by atoms with Crippen LogP contribution in [0, 0.1) is 0 Å². The molecule has 174 valence electrons. The van der Waals surface area contributed by atoms with Crippen molar-refractivity contribution in [3.63, 3.8) is 0 Å². The van der Waals surface area contributed by atoms with E-state index in [1.165, 1.54) is 0 Å². The first-order chi connectivity index (χ1) is 15.4. The molecule has 3 unspecified atom stereocenters. The van der Waals surface area contributed by atoms with Gasteiger partial charge in [-0.05, 0) is 45.2 Å². The maximum absolute atomic E-state index is 11.9. The summed E-state index contributed by atoms with van der Waals surface area (Å²) in [5, 5.41) is 3.00. The summed E-state index contributed by atoms with van der Waals surface area (Å²) in [6, 6.07) is 9.25. The first-order valence-electron chi connectivity index (χ1n) is 10.6. The summed E-state index contributed by atoms with van der Waals surface area (Å²) in [6.07, 6.45) is 7.10. The number of amides is 1. The fourth-order valence-electron chi connectivity index (χ4n) is 3.21. The van der Waals surface area contributed by atoms with Gasteiger partial charge >= 0.3 is 14.5 Å². The number of esters is 1. The van der Waals surface area contributed by atoms with E-state index in [1.54, 1.807) is 20.0 Å². The SMILES string of the molecule is CC(C)OC(=O)CNP(OCC1CCC(N2C=CCC(C(N)=O)=C2)O1)Oc1ccccc1. The maximum atomic E-state index is 11.9. The number of hydrogen-bond donors (Lipinski definition) is 2. The molecule has 1 saturated heterocycles. The van der Waals surface area contributed by atoms with Crippen LogP contribution < -0.4 is 15.3 Å². The van der Waals surface area contributed by atoms with Gasteiger partial charge in [-0.2, -0.15) is 0 Å². The fourth-order valence-corrected chi connectivity index (χ4v) is 4.30.